The summed E-state index contributed by atoms with van der Waals surface area (Å²) in [6, 6.07) is 7.88. The van der Waals surface area contributed by atoms with Gasteiger partial charge in [0.1, 0.15) is 0 Å². The van der Waals surface area contributed by atoms with Crippen molar-refractivity contribution in [1.82, 2.24) is 9.78 Å². The topological polar surface area (TPSA) is 38.0 Å². The average molecular weight is 230 g/mol. The van der Waals surface area contributed by atoms with E-state index in [0.29, 0.717) is 0 Å². The summed E-state index contributed by atoms with van der Waals surface area (Å²) in [6.07, 6.45) is 1.74. The Morgan fingerprint density at radius 3 is 2.35 bits per heavy atom. The number of rotatable bonds is 1. The lowest BCUT2D eigenvalue weighted by atomic mass is 9.89. The number of aromatic hydroxyl groups is 1. The second-order valence-electron chi connectivity index (χ2n) is 5.33. The van der Waals surface area contributed by atoms with Gasteiger partial charge in [-0.15, -0.1) is 0 Å². The van der Waals surface area contributed by atoms with E-state index in [1.807, 2.05) is 31.2 Å². The quantitative estimate of drug-likeness (QED) is 0.817. The van der Waals surface area contributed by atoms with Crippen molar-refractivity contribution in [2.24, 2.45) is 0 Å². The molecule has 0 aliphatic heterocycles. The van der Waals surface area contributed by atoms with Crippen LogP contribution in [0.25, 0.3) is 5.69 Å². The van der Waals surface area contributed by atoms with Gasteiger partial charge in [0.15, 0.2) is 0 Å². The standard InChI is InChI=1S/C14H18N2O/c1-10-7-5-6-8-12(10)16-13(17)11(9-15-16)14(2,3)4/h5-9,17H,1-4H3. The van der Waals surface area contributed by atoms with Crippen LogP contribution in [0.4, 0.5) is 0 Å². The molecule has 0 fully saturated rings. The molecule has 17 heavy (non-hydrogen) atoms. The largest absolute Gasteiger partial charge is 0.493 e. The van der Waals surface area contributed by atoms with Crippen molar-refractivity contribution in [3.05, 3.63) is 41.6 Å². The van der Waals surface area contributed by atoms with Crippen LogP contribution in [-0.4, -0.2) is 14.9 Å². The summed E-state index contributed by atoms with van der Waals surface area (Å²) in [4.78, 5) is 0. The van der Waals surface area contributed by atoms with Crippen molar-refractivity contribution in [2.45, 2.75) is 33.1 Å². The fourth-order valence-electron chi connectivity index (χ4n) is 1.85. The predicted molar refractivity (Wildman–Crippen MR) is 68.7 cm³/mol. The molecule has 2 rings (SSSR count). The Bertz CT molecular complexity index is 535. The van der Waals surface area contributed by atoms with Gasteiger partial charge in [-0.3, -0.25) is 0 Å². The molecule has 2 aromatic rings. The third kappa shape index (κ3) is 2.05. The molecule has 0 atom stereocenters. The van der Waals surface area contributed by atoms with E-state index in [1.165, 1.54) is 0 Å². The minimum absolute atomic E-state index is 0.106. The first-order valence-electron chi connectivity index (χ1n) is 5.75. The predicted octanol–water partition coefficient (Wildman–Crippen LogP) is 3.18. The lowest BCUT2D eigenvalue weighted by molar-refractivity contribution is 0.413. The van der Waals surface area contributed by atoms with Crippen LogP contribution in [0.3, 0.4) is 0 Å². The Hall–Kier alpha value is -1.77. The van der Waals surface area contributed by atoms with Crippen molar-refractivity contribution >= 4 is 0 Å². The van der Waals surface area contributed by atoms with E-state index in [9.17, 15) is 5.11 Å². The van der Waals surface area contributed by atoms with Gasteiger partial charge in [0.2, 0.25) is 5.88 Å². The van der Waals surface area contributed by atoms with Gasteiger partial charge in [-0.2, -0.15) is 5.10 Å². The van der Waals surface area contributed by atoms with E-state index in [4.69, 9.17) is 0 Å². The molecule has 1 aromatic heterocycles. The average Bonchev–Trinajstić information content (AvgIpc) is 2.60. The van der Waals surface area contributed by atoms with Gasteiger partial charge in [0.25, 0.3) is 0 Å². The van der Waals surface area contributed by atoms with Crippen molar-refractivity contribution < 1.29 is 5.11 Å². The SMILES string of the molecule is Cc1ccccc1-n1ncc(C(C)(C)C)c1O. The highest BCUT2D eigenvalue weighted by Crippen LogP contribution is 2.32. The van der Waals surface area contributed by atoms with E-state index in [2.05, 4.69) is 25.9 Å². The summed E-state index contributed by atoms with van der Waals surface area (Å²) in [6.45, 7) is 8.19. The van der Waals surface area contributed by atoms with Crippen LogP contribution in [0, 0.1) is 6.92 Å². The van der Waals surface area contributed by atoms with Crippen LogP contribution in [0.5, 0.6) is 5.88 Å². The molecule has 0 amide bonds. The molecule has 1 N–H and O–H groups in total. The number of aryl methyl sites for hydroxylation is 1. The maximum absolute atomic E-state index is 10.2. The Morgan fingerprint density at radius 1 is 1.18 bits per heavy atom. The first-order valence-corrected chi connectivity index (χ1v) is 5.75. The Morgan fingerprint density at radius 2 is 1.82 bits per heavy atom. The molecule has 1 heterocycles. The van der Waals surface area contributed by atoms with Crippen LogP contribution < -0.4 is 0 Å². The highest BCUT2D eigenvalue weighted by molar-refractivity contribution is 5.44. The molecule has 0 saturated carbocycles. The first kappa shape index (κ1) is 11.7. The van der Waals surface area contributed by atoms with Gasteiger partial charge in [-0.05, 0) is 24.0 Å². The van der Waals surface area contributed by atoms with Gasteiger partial charge in [-0.25, -0.2) is 4.68 Å². The monoisotopic (exact) mass is 230 g/mol. The highest BCUT2D eigenvalue weighted by atomic mass is 16.3. The minimum atomic E-state index is -0.106. The van der Waals surface area contributed by atoms with Crippen molar-refractivity contribution in [1.29, 1.82) is 0 Å². The normalized spacial score (nSPS) is 11.8. The number of hydrogen-bond donors (Lipinski definition) is 1. The van der Waals surface area contributed by atoms with E-state index < -0.39 is 0 Å². The molecule has 1 aromatic carbocycles. The fraction of sp³-hybridized carbons (Fsp3) is 0.357. The summed E-state index contributed by atoms with van der Waals surface area (Å²) in [5.74, 6) is 0.229. The summed E-state index contributed by atoms with van der Waals surface area (Å²) < 4.78 is 1.59. The van der Waals surface area contributed by atoms with Crippen LogP contribution >= 0.6 is 0 Å². The Balaban J connectivity index is 2.56. The summed E-state index contributed by atoms with van der Waals surface area (Å²) in [5.41, 5.74) is 2.76. The maximum atomic E-state index is 10.2. The number of para-hydroxylation sites is 1. The lowest BCUT2D eigenvalue weighted by Crippen LogP contribution is -2.10. The highest BCUT2D eigenvalue weighted by Gasteiger charge is 2.22. The summed E-state index contributed by atoms with van der Waals surface area (Å²) in [7, 11) is 0. The van der Waals surface area contributed by atoms with Crippen molar-refractivity contribution in [2.75, 3.05) is 0 Å². The molecular weight excluding hydrogens is 212 g/mol. The zero-order valence-electron chi connectivity index (χ0n) is 10.7. The van der Waals surface area contributed by atoms with Crippen LogP contribution in [0.2, 0.25) is 0 Å². The van der Waals surface area contributed by atoms with E-state index >= 15 is 0 Å². The van der Waals surface area contributed by atoms with Crippen LogP contribution in [0.1, 0.15) is 31.9 Å². The second-order valence-corrected chi connectivity index (χ2v) is 5.33. The number of nitrogens with zero attached hydrogens (tertiary/aromatic N) is 2. The fourth-order valence-corrected chi connectivity index (χ4v) is 1.85. The third-order valence-corrected chi connectivity index (χ3v) is 2.90. The molecule has 3 heteroatoms. The van der Waals surface area contributed by atoms with Gasteiger partial charge in [-0.1, -0.05) is 39.0 Å². The molecule has 0 unspecified atom stereocenters. The lowest BCUT2D eigenvalue weighted by Gasteiger charge is -2.16. The molecule has 0 radical (unpaired) electrons. The van der Waals surface area contributed by atoms with Crippen LogP contribution in [0.15, 0.2) is 30.5 Å². The molecule has 90 valence electrons. The zero-order valence-corrected chi connectivity index (χ0v) is 10.7. The molecule has 0 aliphatic carbocycles. The number of aromatic nitrogens is 2. The van der Waals surface area contributed by atoms with Gasteiger partial charge in [0.05, 0.1) is 11.9 Å². The van der Waals surface area contributed by atoms with Gasteiger partial charge >= 0.3 is 0 Å². The Labute approximate surface area is 102 Å². The van der Waals surface area contributed by atoms with Crippen LogP contribution in [-0.2, 0) is 5.41 Å². The third-order valence-electron chi connectivity index (χ3n) is 2.90. The zero-order chi connectivity index (χ0) is 12.6. The molecule has 0 saturated heterocycles. The summed E-state index contributed by atoms with van der Waals surface area (Å²) in [5, 5.41) is 14.5. The molecule has 0 bridgehead atoms. The molecular formula is C14H18N2O. The van der Waals surface area contributed by atoms with E-state index in [0.717, 1.165) is 16.8 Å². The first-order chi connectivity index (χ1) is 7.91. The molecule has 0 spiro atoms. The van der Waals surface area contributed by atoms with Crippen molar-refractivity contribution in [3.8, 4) is 11.6 Å². The van der Waals surface area contributed by atoms with Crippen molar-refractivity contribution in [3.63, 3.8) is 0 Å². The van der Waals surface area contributed by atoms with Gasteiger partial charge in [0, 0.05) is 5.56 Å². The van der Waals surface area contributed by atoms with E-state index in [1.54, 1.807) is 10.9 Å². The smallest absolute Gasteiger partial charge is 0.217 e. The molecule has 0 aliphatic rings. The number of benzene rings is 1. The maximum Gasteiger partial charge on any atom is 0.217 e. The number of hydrogen-bond acceptors (Lipinski definition) is 2. The second kappa shape index (κ2) is 3.91. The Kier molecular flexibility index (Phi) is 2.69. The van der Waals surface area contributed by atoms with Gasteiger partial charge < -0.3 is 5.11 Å². The minimum Gasteiger partial charge on any atom is -0.493 e. The molecule has 3 nitrogen and oxygen atoms in total. The van der Waals surface area contributed by atoms with E-state index in [-0.39, 0.29) is 11.3 Å². The summed E-state index contributed by atoms with van der Waals surface area (Å²) >= 11 is 0.